The van der Waals surface area contributed by atoms with Crippen LogP contribution in [-0.4, -0.2) is 10.9 Å². The molecule has 0 radical (unpaired) electrons. The van der Waals surface area contributed by atoms with Gasteiger partial charge in [0.15, 0.2) is 11.7 Å². The number of carbonyl (C=O) groups is 1. The van der Waals surface area contributed by atoms with Gasteiger partial charge in [0.25, 0.3) is 0 Å². The molecule has 3 heteroatoms. The normalized spacial score (nSPS) is 10.7. The van der Waals surface area contributed by atoms with Crippen LogP contribution in [-0.2, 0) is 13.5 Å². The molecule has 0 N–H and O–H groups in total. The molecule has 0 fully saturated rings. The zero-order valence-corrected chi connectivity index (χ0v) is 11.7. The molecule has 3 rings (SSSR count). The van der Waals surface area contributed by atoms with Gasteiger partial charge in [0, 0.05) is 18.6 Å². The molecule has 0 unspecified atom stereocenters. The van der Waals surface area contributed by atoms with Gasteiger partial charge in [-0.05, 0) is 29.7 Å². The predicted octanol–water partition coefficient (Wildman–Crippen LogP) is 2.94. The third-order valence-corrected chi connectivity index (χ3v) is 3.66. The van der Waals surface area contributed by atoms with Gasteiger partial charge in [0.2, 0.25) is 0 Å². The molecule has 0 aliphatic rings. The van der Waals surface area contributed by atoms with E-state index in [4.69, 9.17) is 0 Å². The number of hydrogen-bond acceptors (Lipinski definition) is 2. The summed E-state index contributed by atoms with van der Waals surface area (Å²) in [7, 11) is 1.84. The fourth-order valence-corrected chi connectivity index (χ4v) is 2.59. The number of nitrogens with zero attached hydrogens (tertiary/aromatic N) is 1. The van der Waals surface area contributed by atoms with E-state index in [1.54, 1.807) is 6.20 Å². The lowest BCUT2D eigenvalue weighted by Crippen LogP contribution is -2.13. The summed E-state index contributed by atoms with van der Waals surface area (Å²) in [6.07, 6.45) is 2.96. The quantitative estimate of drug-likeness (QED) is 0.690. The molecule has 0 atom stereocenters. The maximum absolute atomic E-state index is 12.3. The number of aromatic nitrogens is 1. The van der Waals surface area contributed by atoms with Crippen molar-refractivity contribution in [3.8, 4) is 0 Å². The van der Waals surface area contributed by atoms with Crippen LogP contribution in [0.25, 0.3) is 10.9 Å². The first-order valence-corrected chi connectivity index (χ1v) is 6.80. The second-order valence-electron chi connectivity index (χ2n) is 5.16. The van der Waals surface area contributed by atoms with Crippen LogP contribution in [0.15, 0.2) is 59.5 Å². The van der Waals surface area contributed by atoms with Crippen molar-refractivity contribution in [1.82, 2.24) is 4.57 Å². The third-order valence-electron chi connectivity index (χ3n) is 3.66. The van der Waals surface area contributed by atoms with Crippen LogP contribution in [0, 0.1) is 0 Å². The van der Waals surface area contributed by atoms with Crippen LogP contribution in [0.3, 0.4) is 0 Å². The van der Waals surface area contributed by atoms with Gasteiger partial charge in [-0.1, -0.05) is 36.4 Å². The smallest absolute Gasteiger partial charge is 0.199 e. The number of aryl methyl sites for hydroxylation is 1. The number of fused-ring (bicyclic) bond motifs is 1. The van der Waals surface area contributed by atoms with E-state index in [2.05, 4.69) is 12.1 Å². The second-order valence-corrected chi connectivity index (χ2v) is 5.16. The van der Waals surface area contributed by atoms with Gasteiger partial charge in [-0.3, -0.25) is 9.59 Å². The average Bonchev–Trinajstić information content (AvgIpc) is 2.52. The molecule has 21 heavy (non-hydrogen) atoms. The van der Waals surface area contributed by atoms with E-state index in [0.717, 1.165) is 17.5 Å². The van der Waals surface area contributed by atoms with E-state index >= 15 is 0 Å². The number of benzene rings is 2. The molecule has 3 aromatic rings. The summed E-state index contributed by atoms with van der Waals surface area (Å²) in [6, 6.07) is 15.9. The Kier molecular flexibility index (Phi) is 3.40. The van der Waals surface area contributed by atoms with E-state index in [9.17, 15) is 9.59 Å². The fraction of sp³-hybridized carbons (Fsp3) is 0.111. The maximum atomic E-state index is 12.3. The van der Waals surface area contributed by atoms with Gasteiger partial charge in [-0.15, -0.1) is 0 Å². The summed E-state index contributed by atoms with van der Waals surface area (Å²) in [5, 5.41) is 0.593. The van der Waals surface area contributed by atoms with Crippen LogP contribution in [0.5, 0.6) is 0 Å². The van der Waals surface area contributed by atoms with E-state index in [-0.39, 0.29) is 11.0 Å². The minimum absolute atomic E-state index is 0.196. The lowest BCUT2D eigenvalue weighted by molar-refractivity contribution is 0.112. The molecule has 1 heterocycles. The average molecular weight is 277 g/mol. The standard InChI is InChI=1S/C18H15NO2/c1-19-11-15(12-20)18(21)16-10-14(7-8-17(16)19)9-13-5-3-2-4-6-13/h2-8,10-12H,9H2,1H3. The van der Waals surface area contributed by atoms with E-state index in [1.165, 1.54) is 5.56 Å². The first-order chi connectivity index (χ1) is 10.2. The molecule has 0 aliphatic heterocycles. The van der Waals surface area contributed by atoms with Crippen molar-refractivity contribution in [2.45, 2.75) is 6.42 Å². The van der Waals surface area contributed by atoms with E-state index in [1.807, 2.05) is 48.0 Å². The number of aldehydes is 1. The highest BCUT2D eigenvalue weighted by Gasteiger charge is 2.08. The van der Waals surface area contributed by atoms with Crippen molar-refractivity contribution in [2.75, 3.05) is 0 Å². The first-order valence-electron chi connectivity index (χ1n) is 6.80. The van der Waals surface area contributed by atoms with Crippen molar-refractivity contribution in [1.29, 1.82) is 0 Å². The topological polar surface area (TPSA) is 39.1 Å². The van der Waals surface area contributed by atoms with E-state index < -0.39 is 0 Å². The Labute approximate surface area is 122 Å². The molecule has 0 saturated heterocycles. The van der Waals surface area contributed by atoms with Crippen molar-refractivity contribution in [3.05, 3.63) is 81.6 Å². The Morgan fingerprint density at radius 3 is 2.52 bits per heavy atom. The van der Waals surface area contributed by atoms with Crippen LogP contribution < -0.4 is 5.43 Å². The van der Waals surface area contributed by atoms with Crippen LogP contribution in [0.2, 0.25) is 0 Å². The van der Waals surface area contributed by atoms with Gasteiger partial charge < -0.3 is 4.57 Å². The van der Waals surface area contributed by atoms with Crippen molar-refractivity contribution in [3.63, 3.8) is 0 Å². The molecule has 0 amide bonds. The molecule has 0 spiro atoms. The van der Waals surface area contributed by atoms with Gasteiger partial charge in [0.1, 0.15) is 0 Å². The highest BCUT2D eigenvalue weighted by Crippen LogP contribution is 2.16. The van der Waals surface area contributed by atoms with Crippen LogP contribution >= 0.6 is 0 Å². The number of pyridine rings is 1. The zero-order chi connectivity index (χ0) is 14.8. The zero-order valence-electron chi connectivity index (χ0n) is 11.7. The Bertz CT molecular complexity index is 864. The summed E-state index contributed by atoms with van der Waals surface area (Å²) < 4.78 is 1.81. The van der Waals surface area contributed by atoms with Crippen LogP contribution in [0.4, 0.5) is 0 Å². The van der Waals surface area contributed by atoms with Gasteiger partial charge in [-0.2, -0.15) is 0 Å². The minimum atomic E-state index is -0.201. The monoisotopic (exact) mass is 277 g/mol. The van der Waals surface area contributed by atoms with Gasteiger partial charge >= 0.3 is 0 Å². The third kappa shape index (κ3) is 2.50. The molecule has 0 aliphatic carbocycles. The highest BCUT2D eigenvalue weighted by atomic mass is 16.1. The summed E-state index contributed by atoms with van der Waals surface area (Å²) in [5.41, 5.74) is 3.09. The lowest BCUT2D eigenvalue weighted by atomic mass is 10.0. The Morgan fingerprint density at radius 1 is 1.05 bits per heavy atom. The molecule has 2 aromatic carbocycles. The van der Waals surface area contributed by atoms with Crippen molar-refractivity contribution >= 4 is 17.2 Å². The molecule has 0 bridgehead atoms. The largest absolute Gasteiger partial charge is 0.350 e. The Morgan fingerprint density at radius 2 is 1.81 bits per heavy atom. The lowest BCUT2D eigenvalue weighted by Gasteiger charge is -2.08. The molecule has 3 nitrogen and oxygen atoms in total. The maximum Gasteiger partial charge on any atom is 0.199 e. The van der Waals surface area contributed by atoms with Gasteiger partial charge in [-0.25, -0.2) is 0 Å². The Balaban J connectivity index is 2.13. The minimum Gasteiger partial charge on any atom is -0.350 e. The summed E-state index contributed by atoms with van der Waals surface area (Å²) in [6.45, 7) is 0. The van der Waals surface area contributed by atoms with Crippen molar-refractivity contribution in [2.24, 2.45) is 7.05 Å². The molecule has 0 saturated carbocycles. The van der Waals surface area contributed by atoms with Crippen LogP contribution in [0.1, 0.15) is 21.5 Å². The predicted molar refractivity (Wildman–Crippen MR) is 83.8 cm³/mol. The summed E-state index contributed by atoms with van der Waals surface area (Å²) in [5.74, 6) is 0. The number of rotatable bonds is 3. The fourth-order valence-electron chi connectivity index (χ4n) is 2.59. The van der Waals surface area contributed by atoms with E-state index in [0.29, 0.717) is 11.7 Å². The number of carbonyl (C=O) groups excluding carboxylic acids is 1. The molecular weight excluding hydrogens is 262 g/mol. The highest BCUT2D eigenvalue weighted by molar-refractivity contribution is 5.86. The molecule has 1 aromatic heterocycles. The van der Waals surface area contributed by atoms with Gasteiger partial charge in [0.05, 0.1) is 11.1 Å². The summed E-state index contributed by atoms with van der Waals surface area (Å²) in [4.78, 5) is 23.3. The first kappa shape index (κ1) is 13.3. The Hall–Kier alpha value is -2.68. The SMILES string of the molecule is Cn1cc(C=O)c(=O)c2cc(Cc3ccccc3)ccc21. The molecular formula is C18H15NO2. The second kappa shape index (κ2) is 5.37. The van der Waals surface area contributed by atoms with Crippen molar-refractivity contribution < 1.29 is 4.79 Å². The number of hydrogen-bond donors (Lipinski definition) is 0. The summed E-state index contributed by atoms with van der Waals surface area (Å²) >= 11 is 0. The molecule has 104 valence electrons.